The van der Waals surface area contributed by atoms with Gasteiger partial charge in [0.25, 0.3) is 5.91 Å². The Morgan fingerprint density at radius 1 is 1.22 bits per heavy atom. The Balaban J connectivity index is 1.61. The molecule has 0 aliphatic carbocycles. The minimum absolute atomic E-state index is 0.0679. The van der Waals surface area contributed by atoms with E-state index in [-0.39, 0.29) is 31.4 Å². The predicted octanol–water partition coefficient (Wildman–Crippen LogP) is 0.788. The van der Waals surface area contributed by atoms with Crippen molar-refractivity contribution >= 4 is 51.9 Å². The third-order valence-electron chi connectivity index (χ3n) is 3.48. The number of ether oxygens (including phenoxy) is 2. The quantitative estimate of drug-likeness (QED) is 0.362. The molecule has 144 valence electrons. The van der Waals surface area contributed by atoms with Crippen LogP contribution < -0.4 is 10.1 Å². The highest BCUT2D eigenvalue weighted by molar-refractivity contribution is 8.23. The van der Waals surface area contributed by atoms with E-state index in [0.29, 0.717) is 21.4 Å². The molecule has 8 nitrogen and oxygen atoms in total. The summed E-state index contributed by atoms with van der Waals surface area (Å²) in [5.74, 6) is -0.610. The highest BCUT2D eigenvalue weighted by Crippen LogP contribution is 2.18. The van der Waals surface area contributed by atoms with Gasteiger partial charge in [-0.05, 0) is 31.2 Å². The van der Waals surface area contributed by atoms with Gasteiger partial charge in [0.2, 0.25) is 5.91 Å². The molecule has 1 aromatic rings. The van der Waals surface area contributed by atoms with E-state index in [0.717, 1.165) is 0 Å². The highest BCUT2D eigenvalue weighted by Gasteiger charge is 2.25. The number of nitrogens with one attached hydrogen (secondary N) is 1. The molecule has 10 heteroatoms. The first-order valence-corrected chi connectivity index (χ1v) is 9.39. The summed E-state index contributed by atoms with van der Waals surface area (Å²) in [5.41, 5.74) is 0.539. The number of amides is 2. The van der Waals surface area contributed by atoms with Crippen LogP contribution in [0.3, 0.4) is 0 Å². The number of Topliss-reactive ketones (excluding diaryl/α,β-unsaturated/α-hetero) is 1. The lowest BCUT2D eigenvalue weighted by Gasteiger charge is -2.15. The van der Waals surface area contributed by atoms with E-state index >= 15 is 0 Å². The van der Waals surface area contributed by atoms with Crippen molar-refractivity contribution in [1.82, 2.24) is 10.2 Å². The first kappa shape index (κ1) is 20.8. The number of thiocarbonyl (C=S) groups is 1. The van der Waals surface area contributed by atoms with E-state index in [1.807, 2.05) is 0 Å². The van der Waals surface area contributed by atoms with Crippen LogP contribution in [0.5, 0.6) is 5.75 Å². The molecule has 0 saturated carbocycles. The van der Waals surface area contributed by atoms with E-state index in [9.17, 15) is 19.2 Å². The number of benzene rings is 1. The number of rotatable bonds is 9. The average molecular weight is 410 g/mol. The molecule has 0 aromatic heterocycles. The van der Waals surface area contributed by atoms with Crippen LogP contribution in [0.4, 0.5) is 0 Å². The van der Waals surface area contributed by atoms with E-state index in [2.05, 4.69) is 5.32 Å². The zero-order valence-corrected chi connectivity index (χ0v) is 16.2. The molecule has 1 N–H and O–H groups in total. The van der Waals surface area contributed by atoms with Crippen LogP contribution in [-0.2, 0) is 19.1 Å². The molecule has 0 radical (unpaired) electrons. The second-order valence-electron chi connectivity index (χ2n) is 5.48. The maximum atomic E-state index is 11.7. The summed E-state index contributed by atoms with van der Waals surface area (Å²) in [6.45, 7) is 1.14. The molecule has 0 bridgehead atoms. The molecule has 0 atom stereocenters. The molecular formula is C17H18N2O6S2. The van der Waals surface area contributed by atoms with Crippen LogP contribution in [0, 0.1) is 0 Å². The fourth-order valence-corrected chi connectivity index (χ4v) is 3.19. The normalized spacial score (nSPS) is 13.4. The molecule has 2 rings (SSSR count). The van der Waals surface area contributed by atoms with Gasteiger partial charge in [-0.15, -0.1) is 0 Å². The lowest BCUT2D eigenvalue weighted by Crippen LogP contribution is -2.38. The highest BCUT2D eigenvalue weighted by atomic mass is 32.2. The van der Waals surface area contributed by atoms with Crippen molar-refractivity contribution in [3.05, 3.63) is 29.8 Å². The summed E-state index contributed by atoms with van der Waals surface area (Å²) in [5, 5.41) is 2.54. The molecule has 2 amide bonds. The summed E-state index contributed by atoms with van der Waals surface area (Å²) in [6, 6.07) is 6.32. The lowest BCUT2D eigenvalue weighted by molar-refractivity contribution is -0.150. The van der Waals surface area contributed by atoms with Crippen LogP contribution in [0.1, 0.15) is 17.3 Å². The Kier molecular flexibility index (Phi) is 7.74. The zero-order valence-electron chi connectivity index (χ0n) is 14.6. The van der Waals surface area contributed by atoms with Gasteiger partial charge in [-0.25, -0.2) is 4.79 Å². The number of nitrogens with zero attached hydrogens (tertiary/aromatic N) is 1. The number of ketones is 1. The monoisotopic (exact) mass is 410 g/mol. The molecule has 1 aliphatic rings. The van der Waals surface area contributed by atoms with Gasteiger partial charge in [0.05, 0.1) is 5.75 Å². The number of hydrogen-bond donors (Lipinski definition) is 1. The number of carbonyl (C=O) groups excluding carboxylic acids is 4. The standard InChI is InChI=1S/C17H18N2O6S2/c1-11(20)12-2-4-13(5-3-12)24-9-16(23)25-8-14(21)18-6-7-19-15(22)10-27-17(19)26/h2-5H,6-10H2,1H3,(H,18,21). The molecular weight excluding hydrogens is 392 g/mol. The number of carbonyl (C=O) groups is 4. The van der Waals surface area contributed by atoms with Crippen molar-refractivity contribution in [1.29, 1.82) is 0 Å². The lowest BCUT2D eigenvalue weighted by atomic mass is 10.1. The van der Waals surface area contributed by atoms with Crippen molar-refractivity contribution in [2.45, 2.75) is 6.92 Å². The van der Waals surface area contributed by atoms with Crippen LogP contribution >= 0.6 is 24.0 Å². The van der Waals surface area contributed by atoms with E-state index in [1.165, 1.54) is 23.6 Å². The van der Waals surface area contributed by atoms with E-state index in [4.69, 9.17) is 21.7 Å². The van der Waals surface area contributed by atoms with Gasteiger partial charge in [0.15, 0.2) is 19.0 Å². The van der Waals surface area contributed by atoms with Gasteiger partial charge in [-0.2, -0.15) is 0 Å². The first-order valence-electron chi connectivity index (χ1n) is 8.00. The van der Waals surface area contributed by atoms with Gasteiger partial charge in [0, 0.05) is 18.7 Å². The van der Waals surface area contributed by atoms with Gasteiger partial charge < -0.3 is 14.8 Å². The Morgan fingerprint density at radius 2 is 1.93 bits per heavy atom. The Labute approximate surface area is 165 Å². The SMILES string of the molecule is CC(=O)c1ccc(OCC(=O)OCC(=O)NCCN2C(=O)CSC2=S)cc1. The number of thioether (sulfide) groups is 1. The van der Waals surface area contributed by atoms with E-state index < -0.39 is 18.5 Å². The molecule has 1 heterocycles. The van der Waals surface area contributed by atoms with Crippen LogP contribution in [0.15, 0.2) is 24.3 Å². The Bertz CT molecular complexity index is 734. The third kappa shape index (κ3) is 6.65. The van der Waals surface area contributed by atoms with Crippen molar-refractivity contribution in [3.63, 3.8) is 0 Å². The van der Waals surface area contributed by atoms with Crippen molar-refractivity contribution in [2.24, 2.45) is 0 Å². The topological polar surface area (TPSA) is 102 Å². The summed E-state index contributed by atoms with van der Waals surface area (Å²) >= 11 is 6.31. The minimum Gasteiger partial charge on any atom is -0.482 e. The maximum Gasteiger partial charge on any atom is 0.344 e. The van der Waals surface area contributed by atoms with Crippen molar-refractivity contribution in [2.75, 3.05) is 32.1 Å². The van der Waals surface area contributed by atoms with Crippen LogP contribution in [0.2, 0.25) is 0 Å². The molecule has 1 aromatic carbocycles. The molecule has 1 aliphatic heterocycles. The maximum absolute atomic E-state index is 11.7. The second kappa shape index (κ2) is 10.0. The van der Waals surface area contributed by atoms with Gasteiger partial charge in [-0.3, -0.25) is 19.3 Å². The molecule has 0 unspecified atom stereocenters. The number of hydrogen-bond acceptors (Lipinski definition) is 8. The molecule has 27 heavy (non-hydrogen) atoms. The van der Waals surface area contributed by atoms with Crippen molar-refractivity contribution in [3.8, 4) is 5.75 Å². The van der Waals surface area contributed by atoms with Crippen molar-refractivity contribution < 1.29 is 28.7 Å². The molecule has 0 spiro atoms. The Morgan fingerprint density at radius 3 is 2.52 bits per heavy atom. The summed E-state index contributed by atoms with van der Waals surface area (Å²) in [7, 11) is 0. The number of esters is 1. The zero-order chi connectivity index (χ0) is 19.8. The smallest absolute Gasteiger partial charge is 0.344 e. The molecule has 1 fully saturated rings. The predicted molar refractivity (Wildman–Crippen MR) is 103 cm³/mol. The summed E-state index contributed by atoms with van der Waals surface area (Å²) in [6.07, 6.45) is 0. The average Bonchev–Trinajstić information content (AvgIpc) is 2.97. The largest absolute Gasteiger partial charge is 0.482 e. The summed E-state index contributed by atoms with van der Waals surface area (Å²) in [4.78, 5) is 47.4. The molecule has 1 saturated heterocycles. The third-order valence-corrected chi connectivity index (χ3v) is 4.91. The fourth-order valence-electron chi connectivity index (χ4n) is 2.07. The van der Waals surface area contributed by atoms with Gasteiger partial charge in [-0.1, -0.05) is 24.0 Å². The summed E-state index contributed by atoms with van der Waals surface area (Å²) < 4.78 is 10.5. The fraction of sp³-hybridized carbons (Fsp3) is 0.353. The minimum atomic E-state index is -0.701. The van der Waals surface area contributed by atoms with E-state index in [1.54, 1.807) is 24.3 Å². The van der Waals surface area contributed by atoms with Gasteiger partial charge >= 0.3 is 5.97 Å². The second-order valence-corrected chi connectivity index (χ2v) is 7.09. The van der Waals surface area contributed by atoms with Crippen LogP contribution in [0.25, 0.3) is 0 Å². The Hall–Kier alpha value is -2.46. The van der Waals surface area contributed by atoms with Gasteiger partial charge in [0.1, 0.15) is 10.1 Å². The van der Waals surface area contributed by atoms with Crippen LogP contribution in [-0.4, -0.2) is 64.8 Å². The first-order chi connectivity index (χ1) is 12.9.